The molecule has 0 saturated carbocycles. The molecule has 2 amide bonds. The van der Waals surface area contributed by atoms with Crippen LogP contribution in [0.15, 0.2) is 42.7 Å². The fourth-order valence-corrected chi connectivity index (χ4v) is 3.02. The summed E-state index contributed by atoms with van der Waals surface area (Å²) in [7, 11) is 0. The molecule has 2 heterocycles. The van der Waals surface area contributed by atoms with Crippen LogP contribution in [0.4, 0.5) is 10.7 Å². The molecule has 1 aliphatic heterocycles. The van der Waals surface area contributed by atoms with E-state index in [9.17, 15) is 9.59 Å². The van der Waals surface area contributed by atoms with Gasteiger partial charge in [-0.3, -0.25) is 4.79 Å². The number of hydrogen-bond acceptors (Lipinski definition) is 6. The summed E-state index contributed by atoms with van der Waals surface area (Å²) in [5.74, 6) is 0.339. The maximum absolute atomic E-state index is 12.6. The molecule has 1 aromatic heterocycles. The molecule has 1 aliphatic rings. The topological polar surface area (TPSA) is 87.7 Å². The Morgan fingerprint density at radius 1 is 1.07 bits per heavy atom. The van der Waals surface area contributed by atoms with Gasteiger partial charge in [0.1, 0.15) is 0 Å². The van der Waals surface area contributed by atoms with Crippen molar-refractivity contribution in [1.29, 1.82) is 0 Å². The van der Waals surface area contributed by atoms with Crippen molar-refractivity contribution < 1.29 is 14.3 Å². The Labute approximate surface area is 164 Å². The first kappa shape index (κ1) is 19.6. The SMILES string of the molecule is CCOC(=O)N1CCN(C(=O)c2cnc(NC(C)c3ccccc3)nc2)CC1. The first-order valence-corrected chi connectivity index (χ1v) is 9.43. The number of hydrogen-bond donors (Lipinski definition) is 1. The van der Waals surface area contributed by atoms with E-state index in [-0.39, 0.29) is 18.0 Å². The molecule has 1 aromatic carbocycles. The van der Waals surface area contributed by atoms with Crippen molar-refractivity contribution in [2.45, 2.75) is 19.9 Å². The average Bonchev–Trinajstić information content (AvgIpc) is 2.74. The van der Waals surface area contributed by atoms with Gasteiger partial charge < -0.3 is 19.9 Å². The molecule has 1 unspecified atom stereocenters. The van der Waals surface area contributed by atoms with E-state index in [0.29, 0.717) is 44.3 Å². The molecule has 2 aromatic rings. The van der Waals surface area contributed by atoms with Crippen LogP contribution in [0.3, 0.4) is 0 Å². The standard InChI is InChI=1S/C20H25N5O3/c1-3-28-20(27)25-11-9-24(10-12-25)18(26)17-13-21-19(22-14-17)23-15(2)16-7-5-4-6-8-16/h4-8,13-15H,3,9-12H2,1-2H3,(H,21,22,23). The molecule has 0 bridgehead atoms. The molecular formula is C20H25N5O3. The van der Waals surface area contributed by atoms with Crippen LogP contribution < -0.4 is 5.32 Å². The minimum absolute atomic E-state index is 0.0544. The maximum Gasteiger partial charge on any atom is 0.409 e. The molecule has 1 atom stereocenters. The summed E-state index contributed by atoms with van der Waals surface area (Å²) in [5.41, 5.74) is 1.56. The normalized spacial score (nSPS) is 15.1. The highest BCUT2D eigenvalue weighted by atomic mass is 16.6. The highest BCUT2D eigenvalue weighted by Gasteiger charge is 2.25. The Balaban J connectivity index is 1.55. The van der Waals surface area contributed by atoms with Crippen molar-refractivity contribution in [2.24, 2.45) is 0 Å². The lowest BCUT2D eigenvalue weighted by molar-refractivity contribution is 0.0570. The summed E-state index contributed by atoms with van der Waals surface area (Å²) in [5, 5.41) is 3.23. The number of amides is 2. The molecule has 148 valence electrons. The fraction of sp³-hybridized carbons (Fsp3) is 0.400. The van der Waals surface area contributed by atoms with E-state index in [2.05, 4.69) is 15.3 Å². The van der Waals surface area contributed by atoms with E-state index < -0.39 is 0 Å². The molecule has 0 aliphatic carbocycles. The van der Waals surface area contributed by atoms with Gasteiger partial charge in [0.15, 0.2) is 0 Å². The number of carbonyl (C=O) groups excluding carboxylic acids is 2. The first-order valence-electron chi connectivity index (χ1n) is 9.43. The second-order valence-electron chi connectivity index (χ2n) is 6.55. The van der Waals surface area contributed by atoms with Gasteiger partial charge in [0, 0.05) is 38.6 Å². The van der Waals surface area contributed by atoms with Gasteiger partial charge in [-0.2, -0.15) is 0 Å². The van der Waals surface area contributed by atoms with Gasteiger partial charge >= 0.3 is 6.09 Å². The van der Waals surface area contributed by atoms with Crippen molar-refractivity contribution >= 4 is 17.9 Å². The third-order valence-corrected chi connectivity index (χ3v) is 4.64. The molecule has 1 saturated heterocycles. The van der Waals surface area contributed by atoms with E-state index in [1.54, 1.807) is 16.7 Å². The van der Waals surface area contributed by atoms with E-state index in [1.165, 1.54) is 12.4 Å². The predicted molar refractivity (Wildman–Crippen MR) is 105 cm³/mol. The van der Waals surface area contributed by atoms with E-state index in [0.717, 1.165) is 5.56 Å². The van der Waals surface area contributed by atoms with Crippen molar-refractivity contribution in [2.75, 3.05) is 38.1 Å². The van der Waals surface area contributed by atoms with Gasteiger partial charge in [0.05, 0.1) is 18.2 Å². The molecule has 8 nitrogen and oxygen atoms in total. The zero-order valence-electron chi connectivity index (χ0n) is 16.2. The van der Waals surface area contributed by atoms with Crippen LogP contribution in [-0.2, 0) is 4.74 Å². The summed E-state index contributed by atoms with van der Waals surface area (Å²) in [6, 6.07) is 10.1. The number of nitrogens with one attached hydrogen (secondary N) is 1. The van der Waals surface area contributed by atoms with Gasteiger partial charge in [-0.1, -0.05) is 30.3 Å². The molecule has 8 heteroatoms. The van der Waals surface area contributed by atoms with Gasteiger partial charge in [-0.15, -0.1) is 0 Å². The van der Waals surface area contributed by atoms with Crippen LogP contribution in [0, 0.1) is 0 Å². The summed E-state index contributed by atoms with van der Waals surface area (Å²) >= 11 is 0. The van der Waals surface area contributed by atoms with Crippen LogP contribution in [-0.4, -0.2) is 64.6 Å². The van der Waals surface area contributed by atoms with Gasteiger partial charge in [-0.05, 0) is 19.4 Å². The lowest BCUT2D eigenvalue weighted by Gasteiger charge is -2.34. The lowest BCUT2D eigenvalue weighted by Crippen LogP contribution is -2.50. The largest absolute Gasteiger partial charge is 0.450 e. The van der Waals surface area contributed by atoms with Crippen molar-refractivity contribution in [3.05, 3.63) is 53.9 Å². The number of piperazine rings is 1. The van der Waals surface area contributed by atoms with Crippen molar-refractivity contribution in [3.8, 4) is 0 Å². The smallest absolute Gasteiger partial charge is 0.409 e. The van der Waals surface area contributed by atoms with Crippen LogP contribution >= 0.6 is 0 Å². The number of anilines is 1. The summed E-state index contributed by atoms with van der Waals surface area (Å²) < 4.78 is 5.00. The highest BCUT2D eigenvalue weighted by Crippen LogP contribution is 2.16. The number of ether oxygens (including phenoxy) is 1. The molecule has 28 heavy (non-hydrogen) atoms. The monoisotopic (exact) mass is 383 g/mol. The molecule has 0 spiro atoms. The summed E-state index contributed by atoms with van der Waals surface area (Å²) in [6.07, 6.45) is 2.74. The molecule has 1 N–H and O–H groups in total. The number of carbonyl (C=O) groups is 2. The Morgan fingerprint density at radius 3 is 2.29 bits per heavy atom. The van der Waals surface area contributed by atoms with Gasteiger partial charge in [-0.25, -0.2) is 14.8 Å². The van der Waals surface area contributed by atoms with Crippen LogP contribution in [0.2, 0.25) is 0 Å². The minimum atomic E-state index is -0.333. The number of aromatic nitrogens is 2. The molecule has 1 fully saturated rings. The molecular weight excluding hydrogens is 358 g/mol. The highest BCUT2D eigenvalue weighted by molar-refractivity contribution is 5.93. The number of rotatable bonds is 5. The molecule has 3 rings (SSSR count). The van der Waals surface area contributed by atoms with Crippen LogP contribution in [0.5, 0.6) is 0 Å². The van der Waals surface area contributed by atoms with Crippen molar-refractivity contribution in [3.63, 3.8) is 0 Å². The van der Waals surface area contributed by atoms with Crippen LogP contribution in [0.25, 0.3) is 0 Å². The van der Waals surface area contributed by atoms with E-state index in [4.69, 9.17) is 4.74 Å². The van der Waals surface area contributed by atoms with Gasteiger partial charge in [0.2, 0.25) is 5.95 Å². The van der Waals surface area contributed by atoms with Crippen LogP contribution in [0.1, 0.15) is 35.8 Å². The lowest BCUT2D eigenvalue weighted by atomic mass is 10.1. The fourth-order valence-electron chi connectivity index (χ4n) is 3.02. The minimum Gasteiger partial charge on any atom is -0.450 e. The second kappa shape index (κ2) is 9.16. The van der Waals surface area contributed by atoms with Crippen molar-refractivity contribution in [1.82, 2.24) is 19.8 Å². The van der Waals surface area contributed by atoms with E-state index in [1.807, 2.05) is 37.3 Å². The van der Waals surface area contributed by atoms with Gasteiger partial charge in [0.25, 0.3) is 5.91 Å². The Morgan fingerprint density at radius 2 is 1.68 bits per heavy atom. The number of nitrogens with zero attached hydrogens (tertiary/aromatic N) is 4. The maximum atomic E-state index is 12.6. The predicted octanol–water partition coefficient (Wildman–Crippen LogP) is 2.56. The Bertz CT molecular complexity index is 789. The van der Waals surface area contributed by atoms with E-state index >= 15 is 0 Å². The summed E-state index contributed by atoms with van der Waals surface area (Å²) in [6.45, 7) is 5.99. The average molecular weight is 383 g/mol. The Kier molecular flexibility index (Phi) is 6.41. The first-order chi connectivity index (χ1) is 13.6. The quantitative estimate of drug-likeness (QED) is 0.854. The second-order valence-corrected chi connectivity index (χ2v) is 6.55. The third-order valence-electron chi connectivity index (χ3n) is 4.64. The zero-order chi connectivity index (χ0) is 19.9. The zero-order valence-corrected chi connectivity index (χ0v) is 16.2. The Hall–Kier alpha value is -3.16. The molecule has 0 radical (unpaired) electrons. The summed E-state index contributed by atoms with van der Waals surface area (Å²) in [4.78, 5) is 36.3. The third kappa shape index (κ3) is 4.76. The number of benzene rings is 1.